The molecule has 3 nitrogen and oxygen atoms in total. The van der Waals surface area contributed by atoms with E-state index in [-0.39, 0.29) is 12.1 Å². The van der Waals surface area contributed by atoms with Gasteiger partial charge in [0.25, 0.3) is 0 Å². The summed E-state index contributed by atoms with van der Waals surface area (Å²) in [5.74, 6) is 0.0469. The summed E-state index contributed by atoms with van der Waals surface area (Å²) in [6, 6.07) is 9.26. The molecule has 0 spiro atoms. The molecule has 98 valence electrons. The van der Waals surface area contributed by atoms with Crippen LogP contribution >= 0.6 is 0 Å². The van der Waals surface area contributed by atoms with Crippen molar-refractivity contribution in [1.82, 2.24) is 0 Å². The number of benzene rings is 1. The van der Waals surface area contributed by atoms with Crippen LogP contribution in [0, 0.1) is 0 Å². The van der Waals surface area contributed by atoms with Crippen molar-refractivity contribution < 1.29 is 14.3 Å². The first-order chi connectivity index (χ1) is 8.77. The predicted octanol–water partition coefficient (Wildman–Crippen LogP) is 3.21. The Balaban J connectivity index is 2.27. The van der Waals surface area contributed by atoms with Gasteiger partial charge in [0, 0.05) is 19.8 Å². The van der Waals surface area contributed by atoms with Crippen molar-refractivity contribution in [3.8, 4) is 0 Å². The molecule has 1 aromatic carbocycles. The number of hydrogen-bond donors (Lipinski definition) is 0. The first-order valence-corrected chi connectivity index (χ1v) is 6.09. The van der Waals surface area contributed by atoms with Gasteiger partial charge in [0.2, 0.25) is 0 Å². The molecule has 0 heterocycles. The topological polar surface area (TPSA) is 35.5 Å². The summed E-state index contributed by atoms with van der Waals surface area (Å²) in [4.78, 5) is 11.7. The molecular weight excluding hydrogens is 228 g/mol. The lowest BCUT2D eigenvalue weighted by molar-refractivity contribution is -0.106. The first-order valence-electron chi connectivity index (χ1n) is 6.09. The Morgan fingerprint density at radius 1 is 1.22 bits per heavy atom. The van der Waals surface area contributed by atoms with E-state index in [2.05, 4.69) is 0 Å². The lowest BCUT2D eigenvalue weighted by atomic mass is 10.1. The maximum absolute atomic E-state index is 11.7. The van der Waals surface area contributed by atoms with Crippen LogP contribution in [0.4, 0.5) is 0 Å². The summed E-state index contributed by atoms with van der Waals surface area (Å²) in [6.45, 7) is 0. The highest BCUT2D eigenvalue weighted by Gasteiger charge is 2.03. The van der Waals surface area contributed by atoms with Crippen LogP contribution in [0.3, 0.4) is 0 Å². The molecule has 0 fully saturated rings. The third-order valence-electron chi connectivity index (χ3n) is 2.66. The second kappa shape index (κ2) is 8.61. The van der Waals surface area contributed by atoms with Gasteiger partial charge in [-0.3, -0.25) is 4.79 Å². The molecule has 0 aromatic heterocycles. The highest BCUT2D eigenvalue weighted by molar-refractivity contribution is 6.04. The maximum Gasteiger partial charge on any atom is 0.185 e. The van der Waals surface area contributed by atoms with Gasteiger partial charge in [-0.2, -0.15) is 0 Å². The fraction of sp³-hybridized carbons (Fsp3) is 0.400. The number of hydrogen-bond acceptors (Lipinski definition) is 3. The zero-order valence-electron chi connectivity index (χ0n) is 11.0. The summed E-state index contributed by atoms with van der Waals surface area (Å²) < 4.78 is 10.2. The molecule has 0 atom stereocenters. The highest BCUT2D eigenvalue weighted by Crippen LogP contribution is 2.06. The van der Waals surface area contributed by atoms with Crippen molar-refractivity contribution in [2.45, 2.75) is 25.6 Å². The van der Waals surface area contributed by atoms with Gasteiger partial charge < -0.3 is 9.47 Å². The average molecular weight is 248 g/mol. The standard InChI is InChI=1S/C15H20O3/c1-17-15(18-2)12-8-4-7-11-14(16)13-9-5-3-6-10-13/h3,5-7,9-11,15H,4,8,12H2,1-2H3/b11-7+. The van der Waals surface area contributed by atoms with Gasteiger partial charge in [-0.15, -0.1) is 0 Å². The second-order valence-electron chi connectivity index (χ2n) is 3.96. The largest absolute Gasteiger partial charge is 0.356 e. The Morgan fingerprint density at radius 3 is 2.50 bits per heavy atom. The van der Waals surface area contributed by atoms with Gasteiger partial charge in [0.15, 0.2) is 12.1 Å². The van der Waals surface area contributed by atoms with E-state index in [9.17, 15) is 4.79 Å². The molecule has 1 rings (SSSR count). The monoisotopic (exact) mass is 248 g/mol. The minimum Gasteiger partial charge on any atom is -0.356 e. The molecule has 0 unspecified atom stereocenters. The summed E-state index contributed by atoms with van der Waals surface area (Å²) in [5, 5.41) is 0. The van der Waals surface area contributed by atoms with Crippen molar-refractivity contribution in [2.24, 2.45) is 0 Å². The SMILES string of the molecule is COC(CCC/C=C/C(=O)c1ccccc1)OC. The predicted molar refractivity (Wildman–Crippen MR) is 71.6 cm³/mol. The Morgan fingerprint density at radius 2 is 1.89 bits per heavy atom. The molecular formula is C15H20O3. The molecule has 0 saturated carbocycles. The van der Waals surface area contributed by atoms with Gasteiger partial charge >= 0.3 is 0 Å². The minimum atomic E-state index is -0.150. The van der Waals surface area contributed by atoms with Crippen molar-refractivity contribution in [2.75, 3.05) is 14.2 Å². The van der Waals surface area contributed by atoms with Crippen LogP contribution in [0.2, 0.25) is 0 Å². The quantitative estimate of drug-likeness (QED) is 0.307. The molecule has 0 aliphatic heterocycles. The molecule has 3 heteroatoms. The van der Waals surface area contributed by atoms with Crippen molar-refractivity contribution in [3.63, 3.8) is 0 Å². The van der Waals surface area contributed by atoms with E-state index in [0.717, 1.165) is 24.8 Å². The normalized spacial score (nSPS) is 11.3. The number of allylic oxidation sites excluding steroid dienone is 2. The molecule has 0 aliphatic carbocycles. The third kappa shape index (κ3) is 5.25. The highest BCUT2D eigenvalue weighted by atomic mass is 16.7. The molecule has 0 N–H and O–H groups in total. The lowest BCUT2D eigenvalue weighted by Crippen LogP contribution is -2.12. The zero-order valence-corrected chi connectivity index (χ0v) is 11.0. The zero-order chi connectivity index (χ0) is 13.2. The van der Waals surface area contributed by atoms with Crippen LogP contribution in [0.25, 0.3) is 0 Å². The number of methoxy groups -OCH3 is 2. The number of rotatable bonds is 8. The number of carbonyl (C=O) groups is 1. The van der Waals surface area contributed by atoms with Gasteiger partial charge in [0.1, 0.15) is 0 Å². The Labute approximate surface area is 108 Å². The Bertz CT molecular complexity index is 367. The lowest BCUT2D eigenvalue weighted by Gasteiger charge is -2.11. The fourth-order valence-corrected chi connectivity index (χ4v) is 1.62. The van der Waals surface area contributed by atoms with Crippen LogP contribution in [-0.4, -0.2) is 26.3 Å². The smallest absolute Gasteiger partial charge is 0.185 e. The number of unbranched alkanes of at least 4 members (excludes halogenated alkanes) is 1. The van der Waals surface area contributed by atoms with Gasteiger partial charge in [0.05, 0.1) is 0 Å². The molecule has 0 amide bonds. The molecule has 0 bridgehead atoms. The summed E-state index contributed by atoms with van der Waals surface area (Å²) >= 11 is 0. The molecule has 0 radical (unpaired) electrons. The summed E-state index contributed by atoms with van der Waals surface area (Å²) in [6.07, 6.45) is 5.99. The van der Waals surface area contributed by atoms with Crippen molar-refractivity contribution in [1.29, 1.82) is 0 Å². The van der Waals surface area contributed by atoms with E-state index in [1.807, 2.05) is 36.4 Å². The van der Waals surface area contributed by atoms with Crippen LogP contribution in [0.15, 0.2) is 42.5 Å². The van der Waals surface area contributed by atoms with Crippen molar-refractivity contribution in [3.05, 3.63) is 48.0 Å². The van der Waals surface area contributed by atoms with Crippen LogP contribution in [-0.2, 0) is 9.47 Å². The average Bonchev–Trinajstić information content (AvgIpc) is 2.43. The number of carbonyl (C=O) groups excluding carboxylic acids is 1. The molecule has 0 saturated heterocycles. The summed E-state index contributed by atoms with van der Waals surface area (Å²) in [5.41, 5.74) is 0.723. The van der Waals surface area contributed by atoms with Crippen molar-refractivity contribution >= 4 is 5.78 Å². The Kier molecular flexibility index (Phi) is 6.99. The summed E-state index contributed by atoms with van der Waals surface area (Å²) in [7, 11) is 3.26. The Hall–Kier alpha value is -1.45. The van der Waals surface area contributed by atoms with E-state index in [4.69, 9.17) is 9.47 Å². The fourth-order valence-electron chi connectivity index (χ4n) is 1.62. The van der Waals surface area contributed by atoms with E-state index < -0.39 is 0 Å². The molecule has 0 aliphatic rings. The van der Waals surface area contributed by atoms with E-state index in [1.54, 1.807) is 20.3 Å². The van der Waals surface area contributed by atoms with E-state index in [1.165, 1.54) is 0 Å². The number of ketones is 1. The third-order valence-corrected chi connectivity index (χ3v) is 2.66. The van der Waals surface area contributed by atoms with Crippen LogP contribution < -0.4 is 0 Å². The van der Waals surface area contributed by atoms with Gasteiger partial charge in [-0.1, -0.05) is 36.4 Å². The molecule has 1 aromatic rings. The van der Waals surface area contributed by atoms with Crippen LogP contribution in [0.5, 0.6) is 0 Å². The van der Waals surface area contributed by atoms with E-state index in [0.29, 0.717) is 0 Å². The molecule has 18 heavy (non-hydrogen) atoms. The van der Waals surface area contributed by atoms with Gasteiger partial charge in [-0.05, 0) is 25.3 Å². The first kappa shape index (κ1) is 14.6. The van der Waals surface area contributed by atoms with E-state index >= 15 is 0 Å². The van der Waals surface area contributed by atoms with Gasteiger partial charge in [-0.25, -0.2) is 0 Å². The maximum atomic E-state index is 11.7. The number of ether oxygens (including phenoxy) is 2. The van der Waals surface area contributed by atoms with Crippen LogP contribution in [0.1, 0.15) is 29.6 Å². The second-order valence-corrected chi connectivity index (χ2v) is 3.96. The minimum absolute atomic E-state index is 0.0469.